The van der Waals surface area contributed by atoms with E-state index in [0.29, 0.717) is 6.04 Å². The van der Waals surface area contributed by atoms with Gasteiger partial charge in [-0.1, -0.05) is 26.0 Å². The van der Waals surface area contributed by atoms with Crippen molar-refractivity contribution in [3.05, 3.63) is 29.8 Å². The quantitative estimate of drug-likeness (QED) is 0.868. The van der Waals surface area contributed by atoms with Crippen LogP contribution in [0.15, 0.2) is 29.2 Å². The lowest BCUT2D eigenvalue weighted by atomic mass is 9.64. The fraction of sp³-hybridized carbons (Fsp3) is 0.600. The summed E-state index contributed by atoms with van der Waals surface area (Å²) in [7, 11) is -1.92. The van der Waals surface area contributed by atoms with E-state index in [4.69, 9.17) is 9.88 Å². The zero-order valence-corrected chi connectivity index (χ0v) is 13.8. The Hall–Kier alpha value is -0.950. The molecule has 0 heterocycles. The Bertz CT molecular complexity index is 613. The van der Waals surface area contributed by atoms with E-state index in [9.17, 15) is 8.42 Å². The second-order valence-corrected chi connectivity index (χ2v) is 7.90. The van der Waals surface area contributed by atoms with Gasteiger partial charge < -0.3 is 10.1 Å². The van der Waals surface area contributed by atoms with Crippen LogP contribution in [0, 0.1) is 5.41 Å². The minimum atomic E-state index is -3.66. The first kappa shape index (κ1) is 16.4. The van der Waals surface area contributed by atoms with Gasteiger partial charge >= 0.3 is 0 Å². The normalized spacial score (nSPS) is 26.1. The van der Waals surface area contributed by atoms with E-state index >= 15 is 0 Å². The van der Waals surface area contributed by atoms with E-state index in [2.05, 4.69) is 19.2 Å². The van der Waals surface area contributed by atoms with E-state index in [1.807, 2.05) is 13.0 Å². The summed E-state index contributed by atoms with van der Waals surface area (Å²) in [6.45, 7) is 6.38. The van der Waals surface area contributed by atoms with Gasteiger partial charge in [0.15, 0.2) is 0 Å². The number of rotatable bonds is 5. The first-order valence-corrected chi connectivity index (χ1v) is 8.62. The third-order valence-corrected chi connectivity index (χ3v) is 5.51. The van der Waals surface area contributed by atoms with Crippen LogP contribution in [-0.2, 0) is 14.8 Å². The zero-order chi connectivity index (χ0) is 15.8. The van der Waals surface area contributed by atoms with Crippen molar-refractivity contribution in [2.24, 2.45) is 10.6 Å². The van der Waals surface area contributed by atoms with Crippen molar-refractivity contribution in [3.63, 3.8) is 0 Å². The minimum Gasteiger partial charge on any atom is -0.381 e. The van der Waals surface area contributed by atoms with E-state index in [1.165, 1.54) is 6.07 Å². The van der Waals surface area contributed by atoms with Crippen molar-refractivity contribution in [1.29, 1.82) is 0 Å². The summed E-state index contributed by atoms with van der Waals surface area (Å²) in [5.41, 5.74) is 0.985. The molecule has 0 amide bonds. The highest BCUT2D eigenvalue weighted by molar-refractivity contribution is 7.89. The van der Waals surface area contributed by atoms with Crippen molar-refractivity contribution in [1.82, 2.24) is 5.32 Å². The maximum absolute atomic E-state index is 11.4. The van der Waals surface area contributed by atoms with Crippen LogP contribution in [0.4, 0.5) is 0 Å². The Morgan fingerprint density at radius 2 is 2.10 bits per heavy atom. The molecule has 3 N–H and O–H groups in total. The van der Waals surface area contributed by atoms with Gasteiger partial charge in [-0.05, 0) is 31.0 Å². The molecule has 1 aromatic rings. The predicted octanol–water partition coefficient (Wildman–Crippen LogP) is 1.80. The Kier molecular flexibility index (Phi) is 4.44. The maximum atomic E-state index is 11.4. The molecule has 1 fully saturated rings. The van der Waals surface area contributed by atoms with Crippen molar-refractivity contribution >= 4 is 10.0 Å². The van der Waals surface area contributed by atoms with Crippen molar-refractivity contribution in [2.75, 3.05) is 7.11 Å². The smallest absolute Gasteiger partial charge is 0.238 e. The zero-order valence-electron chi connectivity index (χ0n) is 13.0. The molecule has 1 aromatic carbocycles. The highest BCUT2D eigenvalue weighted by Gasteiger charge is 2.48. The second-order valence-electron chi connectivity index (χ2n) is 6.34. The van der Waals surface area contributed by atoms with E-state index in [1.54, 1.807) is 19.2 Å². The van der Waals surface area contributed by atoms with Gasteiger partial charge in [0.05, 0.1) is 11.0 Å². The second kappa shape index (κ2) is 5.68. The SMILES string of the molecule is COC1CC(NC(C)c2cccc(S(N)(=O)=O)c2)C1(C)C. The molecular weight excluding hydrogens is 288 g/mol. The Labute approximate surface area is 126 Å². The Morgan fingerprint density at radius 3 is 2.62 bits per heavy atom. The van der Waals surface area contributed by atoms with Gasteiger partial charge in [0.1, 0.15) is 0 Å². The number of nitrogens with one attached hydrogen (secondary N) is 1. The highest BCUT2D eigenvalue weighted by Crippen LogP contribution is 2.43. The first-order chi connectivity index (χ1) is 9.66. The number of nitrogens with two attached hydrogens (primary N) is 1. The molecule has 0 radical (unpaired) electrons. The lowest BCUT2D eigenvalue weighted by Crippen LogP contribution is -2.60. The third-order valence-electron chi connectivity index (χ3n) is 4.60. The van der Waals surface area contributed by atoms with E-state index in [0.717, 1.165) is 12.0 Å². The number of sulfonamides is 1. The summed E-state index contributed by atoms with van der Waals surface area (Å²) < 4.78 is 28.3. The maximum Gasteiger partial charge on any atom is 0.238 e. The van der Waals surface area contributed by atoms with Gasteiger partial charge in [0.25, 0.3) is 0 Å². The number of hydrogen-bond acceptors (Lipinski definition) is 4. The molecule has 0 aromatic heterocycles. The molecule has 1 aliphatic rings. The average molecular weight is 312 g/mol. The highest BCUT2D eigenvalue weighted by atomic mass is 32.2. The van der Waals surface area contributed by atoms with Crippen LogP contribution in [-0.4, -0.2) is 27.7 Å². The first-order valence-electron chi connectivity index (χ1n) is 7.08. The molecule has 5 nitrogen and oxygen atoms in total. The lowest BCUT2D eigenvalue weighted by Gasteiger charge is -2.52. The number of ether oxygens (including phenoxy) is 1. The number of methoxy groups -OCH3 is 1. The topological polar surface area (TPSA) is 81.4 Å². The molecule has 1 aliphatic carbocycles. The van der Waals surface area contributed by atoms with Crippen LogP contribution in [0.3, 0.4) is 0 Å². The predicted molar refractivity (Wildman–Crippen MR) is 82.3 cm³/mol. The van der Waals surface area contributed by atoms with E-state index in [-0.39, 0.29) is 22.5 Å². The molecule has 0 saturated heterocycles. The van der Waals surface area contributed by atoms with Gasteiger partial charge in [0.2, 0.25) is 10.0 Å². The monoisotopic (exact) mass is 312 g/mol. The average Bonchev–Trinajstić information content (AvgIpc) is 2.42. The van der Waals surface area contributed by atoms with Gasteiger partial charge in [0, 0.05) is 24.6 Å². The molecule has 118 valence electrons. The summed E-state index contributed by atoms with van der Waals surface area (Å²) in [5.74, 6) is 0. The van der Waals surface area contributed by atoms with Crippen LogP contribution >= 0.6 is 0 Å². The fourth-order valence-electron chi connectivity index (χ4n) is 2.93. The third kappa shape index (κ3) is 3.29. The van der Waals surface area contributed by atoms with Crippen LogP contribution < -0.4 is 10.5 Å². The van der Waals surface area contributed by atoms with E-state index < -0.39 is 10.0 Å². The van der Waals surface area contributed by atoms with Crippen molar-refractivity contribution < 1.29 is 13.2 Å². The summed E-state index contributed by atoms with van der Waals surface area (Å²) >= 11 is 0. The molecule has 1 saturated carbocycles. The van der Waals surface area contributed by atoms with Crippen LogP contribution in [0.25, 0.3) is 0 Å². The molecule has 0 spiro atoms. The fourth-order valence-corrected chi connectivity index (χ4v) is 3.50. The minimum absolute atomic E-state index is 0.0498. The molecule has 0 bridgehead atoms. The van der Waals surface area contributed by atoms with Crippen LogP contribution in [0.1, 0.15) is 38.8 Å². The largest absolute Gasteiger partial charge is 0.381 e. The van der Waals surface area contributed by atoms with Gasteiger partial charge in [-0.15, -0.1) is 0 Å². The molecule has 0 aliphatic heterocycles. The molecule has 21 heavy (non-hydrogen) atoms. The molecule has 2 rings (SSSR count). The standard InChI is InChI=1S/C15H24N2O3S/c1-10(17-13-9-14(20-4)15(13,2)3)11-6-5-7-12(8-11)21(16,18)19/h5-8,10,13-14,17H,9H2,1-4H3,(H2,16,18,19). The Balaban J connectivity index is 2.10. The molecular formula is C15H24N2O3S. The molecule has 3 unspecified atom stereocenters. The van der Waals surface area contributed by atoms with Crippen LogP contribution in [0.2, 0.25) is 0 Å². The number of benzene rings is 1. The Morgan fingerprint density at radius 1 is 1.43 bits per heavy atom. The molecule has 6 heteroatoms. The van der Waals surface area contributed by atoms with Crippen molar-refractivity contribution in [3.8, 4) is 0 Å². The summed E-state index contributed by atoms with van der Waals surface area (Å²) in [6.07, 6.45) is 1.22. The van der Waals surface area contributed by atoms with Crippen LogP contribution in [0.5, 0.6) is 0 Å². The summed E-state index contributed by atoms with van der Waals surface area (Å²) in [5, 5.41) is 8.73. The number of primary sulfonamides is 1. The van der Waals surface area contributed by atoms with Gasteiger partial charge in [-0.25, -0.2) is 13.6 Å². The lowest BCUT2D eigenvalue weighted by molar-refractivity contribution is -0.0999. The van der Waals surface area contributed by atoms with Gasteiger partial charge in [-0.3, -0.25) is 0 Å². The number of hydrogen-bond donors (Lipinski definition) is 2. The summed E-state index contributed by atoms with van der Waals surface area (Å²) in [6, 6.07) is 7.17. The van der Waals surface area contributed by atoms with Crippen molar-refractivity contribution in [2.45, 2.75) is 50.3 Å². The summed E-state index contributed by atoms with van der Waals surface area (Å²) in [4.78, 5) is 0.149. The molecule has 3 atom stereocenters. The van der Waals surface area contributed by atoms with Gasteiger partial charge in [-0.2, -0.15) is 0 Å².